The third-order valence-corrected chi connectivity index (χ3v) is 2.46. The molecule has 1 aliphatic rings. The molecule has 1 rings (SSSR count). The first-order valence-corrected chi connectivity index (χ1v) is 4.62. The highest BCUT2D eigenvalue weighted by molar-refractivity contribution is 4.90. The predicted molar refractivity (Wildman–Crippen MR) is 48.8 cm³/mol. The number of hydrogen-bond donors (Lipinski definition) is 1. The van der Waals surface area contributed by atoms with Gasteiger partial charge in [0.2, 0.25) is 0 Å². The monoisotopic (exact) mass is 208 g/mol. The lowest BCUT2D eigenvalue weighted by Gasteiger charge is -2.38. The molecule has 0 aliphatic carbocycles. The molecule has 82 valence electrons. The fourth-order valence-corrected chi connectivity index (χ4v) is 1.81. The lowest BCUT2D eigenvalue weighted by Crippen LogP contribution is -2.54. The molecule has 0 amide bonds. The number of halogens is 3. The predicted octanol–water partition coefficient (Wildman–Crippen LogP) is 1.53. The molecule has 14 heavy (non-hydrogen) atoms. The Morgan fingerprint density at radius 2 is 2.07 bits per heavy atom. The van der Waals surface area contributed by atoms with Crippen LogP contribution in [0, 0.1) is 0 Å². The van der Waals surface area contributed by atoms with Gasteiger partial charge in [0.25, 0.3) is 0 Å². The van der Waals surface area contributed by atoms with Crippen LogP contribution in [0.4, 0.5) is 13.2 Å². The van der Waals surface area contributed by atoms with Crippen molar-refractivity contribution in [1.29, 1.82) is 0 Å². The lowest BCUT2D eigenvalue weighted by atomic mass is 9.98. The SMILES string of the molecule is C=CCN1CC(N)CCC1C(F)(F)F. The Balaban J connectivity index is 2.67. The highest BCUT2D eigenvalue weighted by Crippen LogP contribution is 2.31. The summed E-state index contributed by atoms with van der Waals surface area (Å²) in [5, 5.41) is 0. The number of likely N-dealkylation sites (tertiary alicyclic amines) is 1. The minimum Gasteiger partial charge on any atom is -0.327 e. The Kier molecular flexibility index (Phi) is 3.55. The zero-order chi connectivity index (χ0) is 10.8. The van der Waals surface area contributed by atoms with E-state index in [-0.39, 0.29) is 19.0 Å². The third kappa shape index (κ3) is 2.72. The van der Waals surface area contributed by atoms with E-state index < -0.39 is 12.2 Å². The second kappa shape index (κ2) is 4.31. The van der Waals surface area contributed by atoms with Crippen molar-refractivity contribution in [3.05, 3.63) is 12.7 Å². The molecule has 0 aromatic heterocycles. The molecule has 2 atom stereocenters. The summed E-state index contributed by atoms with van der Waals surface area (Å²) in [6.07, 6.45) is -2.13. The first kappa shape index (κ1) is 11.5. The molecule has 1 aliphatic heterocycles. The Hall–Kier alpha value is -0.550. The zero-order valence-electron chi connectivity index (χ0n) is 7.93. The molecule has 0 spiro atoms. The standard InChI is InChI=1S/C9H15F3N2/c1-2-5-14-6-7(13)3-4-8(14)9(10,11)12/h2,7-8H,1,3-6,13H2. The van der Waals surface area contributed by atoms with E-state index in [2.05, 4.69) is 6.58 Å². The Morgan fingerprint density at radius 1 is 1.43 bits per heavy atom. The molecule has 0 radical (unpaired) electrons. The average Bonchev–Trinajstić information content (AvgIpc) is 2.02. The highest BCUT2D eigenvalue weighted by atomic mass is 19.4. The third-order valence-electron chi connectivity index (χ3n) is 2.46. The summed E-state index contributed by atoms with van der Waals surface area (Å²) in [5.41, 5.74) is 5.62. The number of nitrogens with two attached hydrogens (primary N) is 1. The van der Waals surface area contributed by atoms with Crippen molar-refractivity contribution in [1.82, 2.24) is 4.90 Å². The molecule has 2 N–H and O–H groups in total. The largest absolute Gasteiger partial charge is 0.404 e. The lowest BCUT2D eigenvalue weighted by molar-refractivity contribution is -0.190. The highest BCUT2D eigenvalue weighted by Gasteiger charge is 2.45. The summed E-state index contributed by atoms with van der Waals surface area (Å²) in [4.78, 5) is 1.35. The molecule has 2 unspecified atom stereocenters. The van der Waals surface area contributed by atoms with Gasteiger partial charge in [-0.05, 0) is 12.8 Å². The quantitative estimate of drug-likeness (QED) is 0.697. The van der Waals surface area contributed by atoms with Crippen molar-refractivity contribution in [2.45, 2.75) is 31.1 Å². The van der Waals surface area contributed by atoms with E-state index in [1.165, 1.54) is 11.0 Å². The van der Waals surface area contributed by atoms with Crippen LogP contribution >= 0.6 is 0 Å². The minimum absolute atomic E-state index is 0.0957. The number of piperidine rings is 1. The van der Waals surface area contributed by atoms with E-state index >= 15 is 0 Å². The maximum Gasteiger partial charge on any atom is 0.404 e. The van der Waals surface area contributed by atoms with Gasteiger partial charge in [0, 0.05) is 19.1 Å². The van der Waals surface area contributed by atoms with Crippen LogP contribution in [0.1, 0.15) is 12.8 Å². The van der Waals surface area contributed by atoms with E-state index in [1.54, 1.807) is 0 Å². The van der Waals surface area contributed by atoms with Crippen molar-refractivity contribution in [2.75, 3.05) is 13.1 Å². The van der Waals surface area contributed by atoms with E-state index in [0.29, 0.717) is 13.0 Å². The summed E-state index contributed by atoms with van der Waals surface area (Å²) in [6, 6.07) is -1.49. The van der Waals surface area contributed by atoms with Gasteiger partial charge in [0.05, 0.1) is 0 Å². The molecule has 0 bridgehead atoms. The summed E-state index contributed by atoms with van der Waals surface area (Å²) in [7, 11) is 0. The fraction of sp³-hybridized carbons (Fsp3) is 0.778. The van der Waals surface area contributed by atoms with Gasteiger partial charge >= 0.3 is 6.18 Å². The average molecular weight is 208 g/mol. The van der Waals surface area contributed by atoms with E-state index in [1.807, 2.05) is 0 Å². The van der Waals surface area contributed by atoms with Crippen molar-refractivity contribution in [2.24, 2.45) is 5.73 Å². The Morgan fingerprint density at radius 3 is 2.57 bits per heavy atom. The minimum atomic E-state index is -4.15. The van der Waals surface area contributed by atoms with Crippen LogP contribution in [-0.4, -0.2) is 36.2 Å². The Bertz CT molecular complexity index is 203. The maximum absolute atomic E-state index is 12.5. The molecular weight excluding hydrogens is 193 g/mol. The van der Waals surface area contributed by atoms with Crippen molar-refractivity contribution in [3.63, 3.8) is 0 Å². The summed E-state index contributed by atoms with van der Waals surface area (Å²) in [6.45, 7) is 4.00. The fourth-order valence-electron chi connectivity index (χ4n) is 1.81. The van der Waals surface area contributed by atoms with Crippen LogP contribution in [0.15, 0.2) is 12.7 Å². The van der Waals surface area contributed by atoms with Crippen LogP contribution in [0.2, 0.25) is 0 Å². The van der Waals surface area contributed by atoms with Gasteiger partial charge in [0.1, 0.15) is 6.04 Å². The molecule has 2 nitrogen and oxygen atoms in total. The molecule has 0 aromatic rings. The normalized spacial score (nSPS) is 30.3. The van der Waals surface area contributed by atoms with Crippen LogP contribution in [0.25, 0.3) is 0 Å². The molecule has 1 heterocycles. The molecule has 0 aromatic carbocycles. The molecular formula is C9H15F3N2. The molecule has 1 fully saturated rings. The van der Waals surface area contributed by atoms with Crippen LogP contribution in [0.3, 0.4) is 0 Å². The van der Waals surface area contributed by atoms with E-state index in [9.17, 15) is 13.2 Å². The smallest absolute Gasteiger partial charge is 0.327 e. The van der Waals surface area contributed by atoms with Crippen molar-refractivity contribution in [3.8, 4) is 0 Å². The van der Waals surface area contributed by atoms with E-state index in [4.69, 9.17) is 5.73 Å². The van der Waals surface area contributed by atoms with Crippen LogP contribution in [-0.2, 0) is 0 Å². The van der Waals surface area contributed by atoms with Gasteiger partial charge in [-0.15, -0.1) is 6.58 Å². The molecule has 0 saturated carbocycles. The number of rotatable bonds is 2. The van der Waals surface area contributed by atoms with Gasteiger partial charge in [-0.2, -0.15) is 13.2 Å². The summed E-state index contributed by atoms with van der Waals surface area (Å²) < 4.78 is 37.6. The Labute approximate surface area is 81.6 Å². The van der Waals surface area contributed by atoms with Crippen LogP contribution in [0.5, 0.6) is 0 Å². The summed E-state index contributed by atoms with van der Waals surface area (Å²) in [5.74, 6) is 0. The first-order chi connectivity index (χ1) is 6.45. The summed E-state index contributed by atoms with van der Waals surface area (Å²) >= 11 is 0. The van der Waals surface area contributed by atoms with Gasteiger partial charge in [0.15, 0.2) is 0 Å². The second-order valence-corrected chi connectivity index (χ2v) is 3.64. The maximum atomic E-state index is 12.5. The number of alkyl halides is 3. The first-order valence-electron chi connectivity index (χ1n) is 4.62. The van der Waals surface area contributed by atoms with Gasteiger partial charge in [-0.1, -0.05) is 6.08 Å². The van der Waals surface area contributed by atoms with Crippen molar-refractivity contribution >= 4 is 0 Å². The van der Waals surface area contributed by atoms with Gasteiger partial charge in [-0.25, -0.2) is 0 Å². The van der Waals surface area contributed by atoms with Gasteiger partial charge < -0.3 is 5.73 Å². The topological polar surface area (TPSA) is 29.3 Å². The van der Waals surface area contributed by atoms with Crippen molar-refractivity contribution < 1.29 is 13.2 Å². The molecule has 1 saturated heterocycles. The zero-order valence-corrected chi connectivity index (χ0v) is 7.93. The number of hydrogen-bond acceptors (Lipinski definition) is 2. The second-order valence-electron chi connectivity index (χ2n) is 3.64. The molecule has 5 heteroatoms. The number of nitrogens with zero attached hydrogens (tertiary/aromatic N) is 1. The van der Waals surface area contributed by atoms with Gasteiger partial charge in [-0.3, -0.25) is 4.90 Å². The van der Waals surface area contributed by atoms with Crippen LogP contribution < -0.4 is 5.73 Å². The van der Waals surface area contributed by atoms with E-state index in [0.717, 1.165) is 0 Å².